The van der Waals surface area contributed by atoms with E-state index >= 15 is 0 Å². The van der Waals surface area contributed by atoms with Crippen LogP contribution in [0.25, 0.3) is 0 Å². The first kappa shape index (κ1) is 18.4. The minimum absolute atomic E-state index is 0.171. The molecule has 0 bridgehead atoms. The van der Waals surface area contributed by atoms with Crippen molar-refractivity contribution in [2.75, 3.05) is 5.32 Å². The first-order valence-corrected chi connectivity index (χ1v) is 9.05. The summed E-state index contributed by atoms with van der Waals surface area (Å²) in [6.07, 6.45) is 0. The molecule has 1 atom stereocenters. The largest absolute Gasteiger partial charge is 0.351 e. The van der Waals surface area contributed by atoms with Gasteiger partial charge in [-0.05, 0) is 73.9 Å². The second-order valence-corrected chi connectivity index (χ2v) is 7.30. The molecule has 1 aliphatic rings. The maximum absolute atomic E-state index is 13.0. The summed E-state index contributed by atoms with van der Waals surface area (Å²) in [4.78, 5) is 13.0. The molecule has 0 aliphatic carbocycles. The molecular formula is C20H20ClN3OS. The highest BCUT2D eigenvalue weighted by molar-refractivity contribution is 7.80. The molecule has 4 nitrogen and oxygen atoms in total. The second kappa shape index (κ2) is 7.48. The average molecular weight is 386 g/mol. The fraction of sp³-hybridized carbons (Fsp3) is 0.200. The molecule has 3 rings (SSSR count). The Labute approximate surface area is 163 Å². The Morgan fingerprint density at radius 3 is 2.31 bits per heavy atom. The van der Waals surface area contributed by atoms with Gasteiger partial charge in [-0.2, -0.15) is 0 Å². The highest BCUT2D eigenvalue weighted by atomic mass is 35.5. The maximum Gasteiger partial charge on any atom is 0.255 e. The average Bonchev–Trinajstić information content (AvgIpc) is 2.53. The Kier molecular flexibility index (Phi) is 5.30. The number of halogens is 1. The highest BCUT2D eigenvalue weighted by Gasteiger charge is 2.29. The van der Waals surface area contributed by atoms with Gasteiger partial charge < -0.3 is 16.0 Å². The van der Waals surface area contributed by atoms with E-state index in [0.29, 0.717) is 15.7 Å². The van der Waals surface area contributed by atoms with Crippen LogP contribution < -0.4 is 16.0 Å². The van der Waals surface area contributed by atoms with E-state index in [0.717, 1.165) is 28.1 Å². The number of carbonyl (C=O) groups is 1. The van der Waals surface area contributed by atoms with E-state index in [1.165, 1.54) is 0 Å². The first-order chi connectivity index (χ1) is 12.3. The Morgan fingerprint density at radius 2 is 1.69 bits per heavy atom. The van der Waals surface area contributed by atoms with Crippen LogP contribution in [-0.2, 0) is 4.79 Å². The summed E-state index contributed by atoms with van der Waals surface area (Å²) in [6.45, 7) is 5.87. The minimum atomic E-state index is -0.341. The van der Waals surface area contributed by atoms with Crippen molar-refractivity contribution in [2.45, 2.75) is 26.8 Å². The number of thiocarbonyl (C=S) groups is 1. The summed E-state index contributed by atoms with van der Waals surface area (Å²) in [5.74, 6) is -0.171. The molecule has 2 aromatic rings. The SMILES string of the molecule is CC1=C(C(=O)Nc2cc(C)cc(C)c2)C(c2ccc(Cl)cc2)NC(=S)N1. The van der Waals surface area contributed by atoms with Gasteiger partial charge >= 0.3 is 0 Å². The number of rotatable bonds is 3. The zero-order valence-corrected chi connectivity index (χ0v) is 16.4. The third-order valence-corrected chi connectivity index (χ3v) is 4.67. The van der Waals surface area contributed by atoms with Crippen LogP contribution >= 0.6 is 23.8 Å². The number of aryl methyl sites for hydroxylation is 2. The lowest BCUT2D eigenvalue weighted by molar-refractivity contribution is -0.113. The molecule has 1 unspecified atom stereocenters. The zero-order valence-electron chi connectivity index (χ0n) is 14.8. The summed E-state index contributed by atoms with van der Waals surface area (Å²) < 4.78 is 0. The molecule has 26 heavy (non-hydrogen) atoms. The molecule has 0 aromatic heterocycles. The Bertz CT molecular complexity index is 886. The van der Waals surface area contributed by atoms with Crippen molar-refractivity contribution in [2.24, 2.45) is 0 Å². The summed E-state index contributed by atoms with van der Waals surface area (Å²) >= 11 is 11.3. The van der Waals surface area contributed by atoms with Crippen LogP contribution in [0.1, 0.15) is 29.7 Å². The molecule has 0 saturated heterocycles. The lowest BCUT2D eigenvalue weighted by Gasteiger charge is -2.30. The predicted molar refractivity (Wildman–Crippen MR) is 110 cm³/mol. The van der Waals surface area contributed by atoms with Crippen molar-refractivity contribution in [3.63, 3.8) is 0 Å². The van der Waals surface area contributed by atoms with E-state index in [1.54, 1.807) is 12.1 Å². The van der Waals surface area contributed by atoms with E-state index in [-0.39, 0.29) is 11.9 Å². The monoisotopic (exact) mass is 385 g/mol. The van der Waals surface area contributed by atoms with E-state index in [4.69, 9.17) is 23.8 Å². The predicted octanol–water partition coefficient (Wildman–Crippen LogP) is 4.39. The second-order valence-electron chi connectivity index (χ2n) is 6.45. The molecule has 134 valence electrons. The Morgan fingerprint density at radius 1 is 1.08 bits per heavy atom. The molecule has 3 N–H and O–H groups in total. The van der Waals surface area contributed by atoms with Crippen LogP contribution in [0.15, 0.2) is 53.7 Å². The molecular weight excluding hydrogens is 366 g/mol. The van der Waals surface area contributed by atoms with Gasteiger partial charge in [-0.15, -0.1) is 0 Å². The van der Waals surface area contributed by atoms with Crippen LogP contribution in [0, 0.1) is 13.8 Å². The number of carbonyl (C=O) groups excluding carboxylic acids is 1. The van der Waals surface area contributed by atoms with E-state index in [2.05, 4.69) is 22.0 Å². The Balaban J connectivity index is 1.95. The summed E-state index contributed by atoms with van der Waals surface area (Å²) in [5.41, 5.74) is 5.22. The molecule has 2 aromatic carbocycles. The number of anilines is 1. The normalized spacial score (nSPS) is 16.8. The number of amides is 1. The summed E-state index contributed by atoms with van der Waals surface area (Å²) in [7, 11) is 0. The van der Waals surface area contributed by atoms with Gasteiger partial charge in [-0.25, -0.2) is 0 Å². The molecule has 6 heteroatoms. The lowest BCUT2D eigenvalue weighted by Crippen LogP contribution is -2.45. The van der Waals surface area contributed by atoms with Gasteiger partial charge in [0.15, 0.2) is 5.11 Å². The smallest absolute Gasteiger partial charge is 0.255 e. The molecule has 0 radical (unpaired) electrons. The van der Waals surface area contributed by atoms with Crippen LogP contribution in [0.3, 0.4) is 0 Å². The van der Waals surface area contributed by atoms with Gasteiger partial charge in [-0.1, -0.05) is 29.8 Å². The van der Waals surface area contributed by atoms with Crippen molar-refractivity contribution in [3.05, 3.63) is 75.4 Å². The number of nitrogens with one attached hydrogen (secondary N) is 3. The van der Waals surface area contributed by atoms with Gasteiger partial charge in [0, 0.05) is 16.4 Å². The third-order valence-electron chi connectivity index (χ3n) is 4.20. The number of benzene rings is 2. The quantitative estimate of drug-likeness (QED) is 0.686. The number of hydrogen-bond donors (Lipinski definition) is 3. The van der Waals surface area contributed by atoms with E-state index in [9.17, 15) is 4.79 Å². The van der Waals surface area contributed by atoms with Gasteiger partial charge in [0.1, 0.15) is 0 Å². The molecule has 1 amide bonds. The fourth-order valence-electron chi connectivity index (χ4n) is 3.15. The van der Waals surface area contributed by atoms with Crippen molar-refractivity contribution >= 4 is 40.5 Å². The topological polar surface area (TPSA) is 53.2 Å². The minimum Gasteiger partial charge on any atom is -0.351 e. The molecule has 1 aliphatic heterocycles. The van der Waals surface area contributed by atoms with Gasteiger partial charge in [0.05, 0.1) is 11.6 Å². The number of hydrogen-bond acceptors (Lipinski definition) is 2. The van der Waals surface area contributed by atoms with Crippen molar-refractivity contribution in [1.29, 1.82) is 0 Å². The van der Waals surface area contributed by atoms with Crippen LogP contribution in [0.4, 0.5) is 5.69 Å². The summed E-state index contributed by atoms with van der Waals surface area (Å²) in [5, 5.41) is 10.4. The van der Waals surface area contributed by atoms with Crippen LogP contribution in [-0.4, -0.2) is 11.0 Å². The fourth-order valence-corrected chi connectivity index (χ4v) is 3.54. The maximum atomic E-state index is 13.0. The van der Waals surface area contributed by atoms with Gasteiger partial charge in [-0.3, -0.25) is 4.79 Å². The third kappa shape index (κ3) is 4.06. The van der Waals surface area contributed by atoms with E-state index in [1.807, 2.05) is 45.0 Å². The summed E-state index contributed by atoms with van der Waals surface area (Å²) in [6, 6.07) is 13.0. The lowest BCUT2D eigenvalue weighted by atomic mass is 9.95. The van der Waals surface area contributed by atoms with Crippen molar-refractivity contribution in [1.82, 2.24) is 10.6 Å². The van der Waals surface area contributed by atoms with Crippen LogP contribution in [0.2, 0.25) is 5.02 Å². The molecule has 0 fully saturated rings. The van der Waals surface area contributed by atoms with Crippen molar-refractivity contribution < 1.29 is 4.79 Å². The van der Waals surface area contributed by atoms with Gasteiger partial charge in [0.25, 0.3) is 5.91 Å². The molecule has 0 saturated carbocycles. The number of allylic oxidation sites excluding steroid dienone is 1. The molecule has 0 spiro atoms. The first-order valence-electron chi connectivity index (χ1n) is 8.27. The molecule has 1 heterocycles. The standard InChI is InChI=1S/C20H20ClN3OS/c1-11-8-12(2)10-16(9-11)23-19(25)17-13(3)22-20(26)24-18(17)14-4-6-15(21)7-5-14/h4-10,18H,1-3H3,(H,23,25)(H2,22,24,26). The Hall–Kier alpha value is -2.37. The van der Waals surface area contributed by atoms with Gasteiger partial charge in [0.2, 0.25) is 0 Å². The van der Waals surface area contributed by atoms with Crippen LogP contribution in [0.5, 0.6) is 0 Å². The van der Waals surface area contributed by atoms with E-state index < -0.39 is 0 Å². The highest BCUT2D eigenvalue weighted by Crippen LogP contribution is 2.29. The van der Waals surface area contributed by atoms with Crippen molar-refractivity contribution in [3.8, 4) is 0 Å². The zero-order chi connectivity index (χ0) is 18.8.